The van der Waals surface area contributed by atoms with E-state index in [2.05, 4.69) is 37.6 Å². The van der Waals surface area contributed by atoms with Gasteiger partial charge in [0.2, 0.25) is 0 Å². The maximum atomic E-state index is 12.1. The lowest BCUT2D eigenvalue weighted by molar-refractivity contribution is -0.118. The van der Waals surface area contributed by atoms with Gasteiger partial charge in [-0.2, -0.15) is 0 Å². The van der Waals surface area contributed by atoms with Gasteiger partial charge in [0.25, 0.3) is 5.91 Å². The van der Waals surface area contributed by atoms with Crippen LogP contribution in [0, 0.1) is 0 Å². The summed E-state index contributed by atoms with van der Waals surface area (Å²) in [5.74, 6) is 1.30. The number of aromatic nitrogens is 1. The Bertz CT molecular complexity index is 964. The van der Waals surface area contributed by atoms with Gasteiger partial charge in [0, 0.05) is 42.6 Å². The summed E-state index contributed by atoms with van der Waals surface area (Å²) in [5.41, 5.74) is 0.655. The number of thiophene rings is 1. The van der Waals surface area contributed by atoms with Crippen LogP contribution in [0.1, 0.15) is 11.3 Å². The van der Waals surface area contributed by atoms with Crippen LogP contribution in [0.3, 0.4) is 0 Å². The first-order chi connectivity index (χ1) is 15.2. The molecule has 1 saturated heterocycles. The van der Waals surface area contributed by atoms with Crippen LogP contribution in [0.5, 0.6) is 5.75 Å². The minimum atomic E-state index is -0.233. The van der Waals surface area contributed by atoms with Crippen molar-refractivity contribution in [3.63, 3.8) is 0 Å². The molecule has 0 saturated carbocycles. The van der Waals surface area contributed by atoms with Crippen LogP contribution in [-0.2, 0) is 11.3 Å². The molecule has 0 atom stereocenters. The van der Waals surface area contributed by atoms with E-state index >= 15 is 0 Å². The molecule has 1 aliphatic rings. The lowest BCUT2D eigenvalue weighted by Crippen LogP contribution is -2.30. The lowest BCUT2D eigenvalue weighted by Gasteiger charge is -2.22. The van der Waals surface area contributed by atoms with E-state index in [0.717, 1.165) is 45.0 Å². The van der Waals surface area contributed by atoms with Gasteiger partial charge in [-0.05, 0) is 54.3 Å². The zero-order chi connectivity index (χ0) is 21.5. The predicted molar refractivity (Wildman–Crippen MR) is 126 cm³/mol. The van der Waals surface area contributed by atoms with Gasteiger partial charge in [-0.1, -0.05) is 17.7 Å². The largest absolute Gasteiger partial charge is 0.484 e. The van der Waals surface area contributed by atoms with Gasteiger partial charge >= 0.3 is 0 Å². The lowest BCUT2D eigenvalue weighted by atomic mass is 10.3. The van der Waals surface area contributed by atoms with E-state index in [9.17, 15) is 4.79 Å². The minimum absolute atomic E-state index is 0.0738. The zero-order valence-corrected chi connectivity index (χ0v) is 18.7. The van der Waals surface area contributed by atoms with Crippen LogP contribution in [0.4, 0.5) is 11.5 Å². The molecule has 6 nitrogen and oxygen atoms in total. The molecule has 0 unspecified atom stereocenters. The average molecular weight is 457 g/mol. The Morgan fingerprint density at radius 3 is 2.71 bits per heavy atom. The number of anilines is 2. The molecule has 3 heterocycles. The Morgan fingerprint density at radius 2 is 1.97 bits per heavy atom. The number of hydrogen-bond donors (Lipinski definition) is 1. The van der Waals surface area contributed by atoms with Gasteiger partial charge in [0.1, 0.15) is 11.6 Å². The fourth-order valence-corrected chi connectivity index (χ4v) is 4.38. The summed E-state index contributed by atoms with van der Waals surface area (Å²) in [6.07, 6.45) is 2.80. The second kappa shape index (κ2) is 10.6. The average Bonchev–Trinajstić information content (AvgIpc) is 3.18. The topological polar surface area (TPSA) is 57.7 Å². The van der Waals surface area contributed by atoms with E-state index in [4.69, 9.17) is 16.3 Å². The van der Waals surface area contributed by atoms with Crippen LogP contribution in [0.25, 0.3) is 0 Å². The van der Waals surface area contributed by atoms with Gasteiger partial charge in [0.05, 0.1) is 11.9 Å². The van der Waals surface area contributed by atoms with Gasteiger partial charge < -0.3 is 15.0 Å². The molecule has 1 aromatic carbocycles. The maximum Gasteiger partial charge on any atom is 0.262 e. The summed E-state index contributed by atoms with van der Waals surface area (Å²) in [6.45, 7) is 4.97. The first kappa shape index (κ1) is 21.6. The van der Waals surface area contributed by atoms with Crippen molar-refractivity contribution in [2.45, 2.75) is 13.0 Å². The van der Waals surface area contributed by atoms with Gasteiger partial charge in [-0.3, -0.25) is 9.69 Å². The number of rotatable bonds is 7. The maximum absolute atomic E-state index is 12.1. The van der Waals surface area contributed by atoms with Crippen LogP contribution in [-0.4, -0.2) is 48.6 Å². The molecular weight excluding hydrogens is 432 g/mol. The minimum Gasteiger partial charge on any atom is -0.484 e. The zero-order valence-electron chi connectivity index (χ0n) is 17.2. The number of benzene rings is 1. The molecule has 8 heteroatoms. The smallest absolute Gasteiger partial charge is 0.262 e. The van der Waals surface area contributed by atoms with Crippen molar-refractivity contribution in [1.82, 2.24) is 9.88 Å². The Kier molecular flexibility index (Phi) is 7.40. The van der Waals surface area contributed by atoms with Crippen LogP contribution >= 0.6 is 22.9 Å². The summed E-state index contributed by atoms with van der Waals surface area (Å²) in [6, 6.07) is 15.1. The molecule has 31 heavy (non-hydrogen) atoms. The van der Waals surface area contributed by atoms with Crippen LogP contribution in [0.15, 0.2) is 60.1 Å². The van der Waals surface area contributed by atoms with Crippen molar-refractivity contribution in [2.75, 3.05) is 43.0 Å². The van der Waals surface area contributed by atoms with Crippen molar-refractivity contribution >= 4 is 40.4 Å². The second-order valence-corrected chi connectivity index (χ2v) is 8.86. The number of halogens is 1. The van der Waals surface area contributed by atoms with Crippen molar-refractivity contribution in [3.05, 3.63) is 70.0 Å². The predicted octanol–water partition coefficient (Wildman–Crippen LogP) is 4.53. The number of nitrogens with zero attached hydrogens (tertiary/aromatic N) is 3. The summed E-state index contributed by atoms with van der Waals surface area (Å²) in [5, 5.41) is 5.58. The molecule has 3 aromatic rings. The van der Waals surface area contributed by atoms with Gasteiger partial charge in [-0.25, -0.2) is 4.98 Å². The Morgan fingerprint density at radius 1 is 1.10 bits per heavy atom. The van der Waals surface area contributed by atoms with Gasteiger partial charge in [0.15, 0.2) is 6.61 Å². The molecule has 1 fully saturated rings. The number of amides is 1. The molecule has 0 spiro atoms. The number of pyridine rings is 1. The number of hydrogen-bond acceptors (Lipinski definition) is 6. The summed E-state index contributed by atoms with van der Waals surface area (Å²) < 4.78 is 5.47. The molecule has 0 bridgehead atoms. The molecule has 2 aromatic heterocycles. The number of carbonyl (C=O) groups is 1. The summed E-state index contributed by atoms with van der Waals surface area (Å²) in [7, 11) is 0. The number of ether oxygens (including phenoxy) is 1. The third-order valence-corrected chi connectivity index (χ3v) is 6.20. The highest BCUT2D eigenvalue weighted by atomic mass is 35.5. The molecule has 1 N–H and O–H groups in total. The second-order valence-electron chi connectivity index (χ2n) is 7.39. The molecule has 4 rings (SSSR count). The highest BCUT2D eigenvalue weighted by Gasteiger charge is 2.16. The first-order valence-electron chi connectivity index (χ1n) is 10.3. The van der Waals surface area contributed by atoms with Gasteiger partial charge in [-0.15, -0.1) is 11.3 Å². The standard InChI is InChI=1S/C23H25ClN4O2S/c24-18-4-7-20(8-5-18)30-17-23(29)26-19-6-9-22(25-15-19)28-11-2-10-27(12-13-28)16-21-3-1-14-31-21/h1,3-9,14-15H,2,10-13,16-17H2,(H,26,29). The number of carbonyl (C=O) groups excluding carboxylic acids is 1. The molecule has 162 valence electrons. The Labute approximate surface area is 191 Å². The van der Waals surface area contributed by atoms with E-state index in [1.165, 1.54) is 4.88 Å². The fraction of sp³-hybridized carbons (Fsp3) is 0.304. The molecule has 0 aliphatic carbocycles. The van der Waals surface area contributed by atoms with Crippen molar-refractivity contribution in [1.29, 1.82) is 0 Å². The summed E-state index contributed by atoms with van der Waals surface area (Å²) >= 11 is 7.66. The molecular formula is C23H25ClN4O2S. The van der Waals surface area contributed by atoms with E-state index in [-0.39, 0.29) is 12.5 Å². The van der Waals surface area contributed by atoms with E-state index in [1.807, 2.05) is 23.5 Å². The molecule has 1 aliphatic heterocycles. The van der Waals surface area contributed by atoms with Crippen molar-refractivity contribution in [3.8, 4) is 5.75 Å². The van der Waals surface area contributed by atoms with Crippen LogP contribution in [0.2, 0.25) is 5.02 Å². The monoisotopic (exact) mass is 456 g/mol. The van der Waals surface area contributed by atoms with Crippen molar-refractivity contribution in [2.24, 2.45) is 0 Å². The van der Waals surface area contributed by atoms with E-state index < -0.39 is 0 Å². The third-order valence-electron chi connectivity index (χ3n) is 5.09. The SMILES string of the molecule is O=C(COc1ccc(Cl)cc1)Nc1ccc(N2CCCN(Cc3cccs3)CC2)nc1. The highest BCUT2D eigenvalue weighted by Crippen LogP contribution is 2.19. The van der Waals surface area contributed by atoms with E-state index in [0.29, 0.717) is 16.5 Å². The van der Waals surface area contributed by atoms with Crippen molar-refractivity contribution < 1.29 is 9.53 Å². The summed E-state index contributed by atoms with van der Waals surface area (Å²) in [4.78, 5) is 22.9. The molecule has 1 amide bonds. The van der Waals surface area contributed by atoms with E-state index in [1.54, 1.807) is 30.5 Å². The fourth-order valence-electron chi connectivity index (χ4n) is 3.50. The quantitative estimate of drug-likeness (QED) is 0.566. The third kappa shape index (κ3) is 6.43. The Balaban J connectivity index is 1.25. The highest BCUT2D eigenvalue weighted by molar-refractivity contribution is 7.09. The number of nitrogens with one attached hydrogen (secondary N) is 1. The Hall–Kier alpha value is -2.61. The van der Waals surface area contributed by atoms with Crippen LogP contribution < -0.4 is 15.0 Å². The normalized spacial score (nSPS) is 14.8. The molecule has 0 radical (unpaired) electrons. The first-order valence-corrected chi connectivity index (χ1v) is 11.6.